The van der Waals surface area contributed by atoms with E-state index in [4.69, 9.17) is 10.2 Å². The van der Waals surface area contributed by atoms with Crippen molar-refractivity contribution in [2.75, 3.05) is 0 Å². The maximum absolute atomic E-state index is 8.44. The van der Waals surface area contributed by atoms with E-state index in [-0.39, 0.29) is 24.2 Å². The number of nitrogens with one attached hydrogen (secondary N) is 1. The first-order chi connectivity index (χ1) is 3.29. The second kappa shape index (κ2) is 2.47. The predicted molar refractivity (Wildman–Crippen MR) is 31.4 cm³/mol. The molecule has 1 rings (SSSR count). The van der Waals surface area contributed by atoms with Crippen LogP contribution in [0.2, 0.25) is 0 Å². The van der Waals surface area contributed by atoms with E-state index < -0.39 is 0 Å². The molecule has 0 atom stereocenters. The molecule has 0 radical (unpaired) electrons. The summed E-state index contributed by atoms with van der Waals surface area (Å²) >= 11 is 0. The standard InChI is InChI=1S/C4H5NO2.ClH/c6-3-1-2-4(7)5-3;/h1-2,5-7H;1H. The molecular weight excluding hydrogens is 130 g/mol. The third-order valence-electron chi connectivity index (χ3n) is 0.655. The van der Waals surface area contributed by atoms with Gasteiger partial charge in [0.05, 0.1) is 0 Å². The molecule has 8 heavy (non-hydrogen) atoms. The fourth-order valence-corrected chi connectivity index (χ4v) is 0.372. The topological polar surface area (TPSA) is 56.2 Å². The lowest BCUT2D eigenvalue weighted by Crippen LogP contribution is -1.57. The van der Waals surface area contributed by atoms with Crippen molar-refractivity contribution in [1.29, 1.82) is 0 Å². The van der Waals surface area contributed by atoms with Crippen LogP contribution >= 0.6 is 12.4 Å². The maximum atomic E-state index is 8.44. The number of rotatable bonds is 0. The van der Waals surface area contributed by atoms with Gasteiger partial charge in [-0.25, -0.2) is 0 Å². The molecule has 0 aliphatic carbocycles. The fraction of sp³-hybridized carbons (Fsp3) is 0. The molecule has 46 valence electrons. The Hall–Kier alpha value is -0.830. The van der Waals surface area contributed by atoms with Gasteiger partial charge < -0.3 is 10.2 Å². The quantitative estimate of drug-likeness (QED) is 0.494. The van der Waals surface area contributed by atoms with Gasteiger partial charge in [0, 0.05) is 12.1 Å². The zero-order valence-corrected chi connectivity index (χ0v) is 4.77. The average molecular weight is 136 g/mol. The van der Waals surface area contributed by atoms with Crippen molar-refractivity contribution in [3.63, 3.8) is 0 Å². The Balaban J connectivity index is 0.000000490. The van der Waals surface area contributed by atoms with Gasteiger partial charge in [-0.15, -0.1) is 12.4 Å². The van der Waals surface area contributed by atoms with Gasteiger partial charge in [-0.1, -0.05) is 0 Å². The zero-order chi connectivity index (χ0) is 5.28. The average Bonchev–Trinajstić information content (AvgIpc) is 1.87. The van der Waals surface area contributed by atoms with Crippen LogP contribution in [0, 0.1) is 0 Å². The minimum atomic E-state index is -0.0162. The highest BCUT2D eigenvalue weighted by Crippen LogP contribution is 2.11. The van der Waals surface area contributed by atoms with Crippen LogP contribution in [0.1, 0.15) is 0 Å². The Morgan fingerprint density at radius 3 is 1.62 bits per heavy atom. The Morgan fingerprint density at radius 2 is 1.50 bits per heavy atom. The Kier molecular flexibility index (Phi) is 2.21. The monoisotopic (exact) mass is 135 g/mol. The summed E-state index contributed by atoms with van der Waals surface area (Å²) in [7, 11) is 0. The van der Waals surface area contributed by atoms with E-state index in [0.717, 1.165) is 0 Å². The van der Waals surface area contributed by atoms with E-state index in [9.17, 15) is 0 Å². The van der Waals surface area contributed by atoms with Gasteiger partial charge in [0.1, 0.15) is 0 Å². The smallest absolute Gasteiger partial charge is 0.191 e. The predicted octanol–water partition coefficient (Wildman–Crippen LogP) is 0.848. The first kappa shape index (κ1) is 7.17. The Morgan fingerprint density at radius 1 is 1.12 bits per heavy atom. The van der Waals surface area contributed by atoms with Crippen LogP contribution in [-0.4, -0.2) is 15.2 Å². The maximum Gasteiger partial charge on any atom is 0.191 e. The largest absolute Gasteiger partial charge is 0.495 e. The number of hydrogen-bond acceptors (Lipinski definition) is 2. The third-order valence-corrected chi connectivity index (χ3v) is 0.655. The van der Waals surface area contributed by atoms with E-state index in [1.807, 2.05) is 0 Å². The zero-order valence-electron chi connectivity index (χ0n) is 3.96. The summed E-state index contributed by atoms with van der Waals surface area (Å²) in [5, 5.41) is 16.9. The second-order valence-electron chi connectivity index (χ2n) is 1.23. The highest BCUT2D eigenvalue weighted by atomic mass is 35.5. The number of aromatic hydroxyl groups is 2. The van der Waals surface area contributed by atoms with Gasteiger partial charge in [-0.2, -0.15) is 0 Å². The second-order valence-corrected chi connectivity index (χ2v) is 1.23. The molecule has 0 aliphatic rings. The van der Waals surface area contributed by atoms with Gasteiger partial charge in [0.25, 0.3) is 0 Å². The summed E-state index contributed by atoms with van der Waals surface area (Å²) in [6.07, 6.45) is 0. The molecular formula is C4H6ClNO2. The van der Waals surface area contributed by atoms with Crippen LogP contribution < -0.4 is 0 Å². The van der Waals surface area contributed by atoms with E-state index in [2.05, 4.69) is 4.98 Å². The van der Waals surface area contributed by atoms with Gasteiger partial charge in [0.2, 0.25) is 0 Å². The molecule has 0 saturated carbocycles. The molecule has 3 nitrogen and oxygen atoms in total. The highest BCUT2D eigenvalue weighted by molar-refractivity contribution is 5.85. The lowest BCUT2D eigenvalue weighted by atomic mass is 10.6. The lowest BCUT2D eigenvalue weighted by molar-refractivity contribution is 0.425. The van der Waals surface area contributed by atoms with Gasteiger partial charge in [-0.05, 0) is 0 Å². The van der Waals surface area contributed by atoms with Gasteiger partial charge in [-0.3, -0.25) is 4.98 Å². The van der Waals surface area contributed by atoms with Crippen LogP contribution in [0.3, 0.4) is 0 Å². The van der Waals surface area contributed by atoms with Crippen molar-refractivity contribution in [3.8, 4) is 11.8 Å². The Bertz CT molecular complexity index is 146. The minimum Gasteiger partial charge on any atom is -0.495 e. The fourth-order valence-electron chi connectivity index (χ4n) is 0.372. The van der Waals surface area contributed by atoms with Crippen LogP contribution in [-0.2, 0) is 0 Å². The van der Waals surface area contributed by atoms with Crippen LogP contribution in [0.5, 0.6) is 11.8 Å². The molecule has 1 aromatic heterocycles. The normalized spacial score (nSPS) is 8.00. The summed E-state index contributed by atoms with van der Waals surface area (Å²) in [5.74, 6) is -0.0324. The van der Waals surface area contributed by atoms with Crippen LogP contribution in [0.25, 0.3) is 0 Å². The number of aromatic amines is 1. The number of halogens is 1. The number of hydrogen-bond donors (Lipinski definition) is 3. The van der Waals surface area contributed by atoms with E-state index in [0.29, 0.717) is 0 Å². The molecule has 0 aromatic carbocycles. The van der Waals surface area contributed by atoms with E-state index >= 15 is 0 Å². The summed E-state index contributed by atoms with van der Waals surface area (Å²) < 4.78 is 0. The van der Waals surface area contributed by atoms with Crippen molar-refractivity contribution in [2.24, 2.45) is 0 Å². The van der Waals surface area contributed by atoms with Crippen LogP contribution in [0.4, 0.5) is 0 Å². The molecule has 0 spiro atoms. The molecule has 1 heterocycles. The number of aromatic nitrogens is 1. The minimum absolute atomic E-state index is 0. The third kappa shape index (κ3) is 1.35. The van der Waals surface area contributed by atoms with Gasteiger partial charge >= 0.3 is 0 Å². The Labute approximate surface area is 52.4 Å². The molecule has 3 N–H and O–H groups in total. The van der Waals surface area contributed by atoms with Gasteiger partial charge in [0.15, 0.2) is 11.8 Å². The summed E-state index contributed by atoms with van der Waals surface area (Å²) in [4.78, 5) is 2.25. The van der Waals surface area contributed by atoms with Crippen molar-refractivity contribution < 1.29 is 10.2 Å². The molecule has 0 aliphatic heterocycles. The lowest BCUT2D eigenvalue weighted by Gasteiger charge is -1.76. The van der Waals surface area contributed by atoms with Crippen LogP contribution in [0.15, 0.2) is 12.1 Å². The summed E-state index contributed by atoms with van der Waals surface area (Å²) in [5.41, 5.74) is 0. The van der Waals surface area contributed by atoms with Crippen molar-refractivity contribution >= 4 is 12.4 Å². The molecule has 0 fully saturated rings. The molecule has 1 aromatic rings. The first-order valence-electron chi connectivity index (χ1n) is 1.86. The summed E-state index contributed by atoms with van der Waals surface area (Å²) in [6.45, 7) is 0. The molecule has 0 saturated heterocycles. The van der Waals surface area contributed by atoms with E-state index in [1.54, 1.807) is 0 Å². The molecule has 0 unspecified atom stereocenters. The first-order valence-corrected chi connectivity index (χ1v) is 1.86. The molecule has 0 amide bonds. The highest BCUT2D eigenvalue weighted by Gasteiger charge is 1.87. The van der Waals surface area contributed by atoms with E-state index in [1.165, 1.54) is 12.1 Å². The van der Waals surface area contributed by atoms with Crippen molar-refractivity contribution in [3.05, 3.63) is 12.1 Å². The molecule has 4 heteroatoms. The summed E-state index contributed by atoms with van der Waals surface area (Å²) in [6, 6.07) is 2.74. The number of H-pyrrole nitrogens is 1. The SMILES string of the molecule is Cl.Oc1ccc(O)[nH]1. The molecule has 0 bridgehead atoms. The van der Waals surface area contributed by atoms with Crippen molar-refractivity contribution in [2.45, 2.75) is 0 Å². The van der Waals surface area contributed by atoms with Crippen molar-refractivity contribution in [1.82, 2.24) is 4.98 Å².